The van der Waals surface area contributed by atoms with Gasteiger partial charge in [0.25, 0.3) is 0 Å². The van der Waals surface area contributed by atoms with Crippen LogP contribution in [0, 0.1) is 11.7 Å². The summed E-state index contributed by atoms with van der Waals surface area (Å²) in [6, 6.07) is 6.85. The van der Waals surface area contributed by atoms with Gasteiger partial charge in [0, 0.05) is 26.2 Å². The van der Waals surface area contributed by atoms with E-state index in [9.17, 15) is 4.39 Å². The van der Waals surface area contributed by atoms with E-state index in [1.54, 1.807) is 7.11 Å². The zero-order valence-electron chi connectivity index (χ0n) is 10.8. The topological polar surface area (TPSA) is 38.5 Å². The van der Waals surface area contributed by atoms with Crippen molar-refractivity contribution in [2.24, 2.45) is 11.7 Å². The summed E-state index contributed by atoms with van der Waals surface area (Å²) >= 11 is 0. The van der Waals surface area contributed by atoms with Gasteiger partial charge in [0.1, 0.15) is 5.82 Å². The third kappa shape index (κ3) is 3.07. The zero-order valence-corrected chi connectivity index (χ0v) is 10.8. The molecule has 2 atom stereocenters. The molecule has 2 rings (SSSR count). The molecule has 2 N–H and O–H groups in total. The second-order valence-electron chi connectivity index (χ2n) is 4.91. The highest BCUT2D eigenvalue weighted by Crippen LogP contribution is 2.27. The number of halogens is 1. The van der Waals surface area contributed by atoms with Gasteiger partial charge < -0.3 is 10.5 Å². The largest absolute Gasteiger partial charge is 0.384 e. The van der Waals surface area contributed by atoms with Gasteiger partial charge >= 0.3 is 0 Å². The van der Waals surface area contributed by atoms with E-state index in [0.717, 1.165) is 31.7 Å². The van der Waals surface area contributed by atoms with Crippen molar-refractivity contribution in [3.63, 3.8) is 0 Å². The highest BCUT2D eigenvalue weighted by Gasteiger charge is 2.28. The van der Waals surface area contributed by atoms with Gasteiger partial charge in [0.05, 0.1) is 6.61 Å². The molecule has 100 valence electrons. The Labute approximate surface area is 108 Å². The average molecular weight is 252 g/mol. The lowest BCUT2D eigenvalue weighted by Gasteiger charge is -2.27. The van der Waals surface area contributed by atoms with Gasteiger partial charge in [-0.3, -0.25) is 4.90 Å². The Morgan fingerprint density at radius 1 is 1.44 bits per heavy atom. The number of nitrogens with zero attached hydrogens (tertiary/aromatic N) is 1. The highest BCUT2D eigenvalue weighted by atomic mass is 19.1. The maximum atomic E-state index is 12.9. The monoisotopic (exact) mass is 252 g/mol. The molecule has 4 heteroatoms. The van der Waals surface area contributed by atoms with E-state index in [1.807, 2.05) is 12.1 Å². The summed E-state index contributed by atoms with van der Waals surface area (Å²) in [5.41, 5.74) is 6.97. The van der Waals surface area contributed by atoms with Gasteiger partial charge in [-0.1, -0.05) is 12.1 Å². The van der Waals surface area contributed by atoms with Crippen LogP contribution < -0.4 is 5.73 Å². The summed E-state index contributed by atoms with van der Waals surface area (Å²) in [5, 5.41) is 0. The summed E-state index contributed by atoms with van der Waals surface area (Å²) in [4.78, 5) is 2.37. The lowest BCUT2D eigenvalue weighted by molar-refractivity contribution is 0.147. The molecule has 1 heterocycles. The van der Waals surface area contributed by atoms with Crippen molar-refractivity contribution in [1.29, 1.82) is 0 Å². The molecule has 0 radical (unpaired) electrons. The van der Waals surface area contributed by atoms with Crippen LogP contribution in [-0.2, 0) is 4.74 Å². The third-order valence-corrected chi connectivity index (χ3v) is 3.64. The first kappa shape index (κ1) is 13.5. The molecular formula is C14H21FN2O. The number of hydrogen-bond acceptors (Lipinski definition) is 3. The molecule has 1 fully saturated rings. The molecule has 1 saturated heterocycles. The van der Waals surface area contributed by atoms with Crippen LogP contribution in [0.1, 0.15) is 18.0 Å². The van der Waals surface area contributed by atoms with Crippen LogP contribution in [0.3, 0.4) is 0 Å². The van der Waals surface area contributed by atoms with E-state index in [2.05, 4.69) is 4.90 Å². The predicted octanol–water partition coefficient (Wildman–Crippen LogP) is 1.79. The summed E-state index contributed by atoms with van der Waals surface area (Å²) in [7, 11) is 1.74. The maximum Gasteiger partial charge on any atom is 0.123 e. The lowest BCUT2D eigenvalue weighted by Crippen LogP contribution is -2.32. The maximum absolute atomic E-state index is 12.9. The second kappa shape index (κ2) is 6.27. The fourth-order valence-corrected chi connectivity index (χ4v) is 2.70. The molecule has 0 spiro atoms. The van der Waals surface area contributed by atoms with E-state index < -0.39 is 0 Å². The SMILES string of the molecule is COCC1CCN(C(CN)c2ccc(F)cc2)C1. The first-order chi connectivity index (χ1) is 8.74. The zero-order chi connectivity index (χ0) is 13.0. The minimum atomic E-state index is -0.201. The molecule has 0 saturated carbocycles. The normalized spacial score (nSPS) is 22.3. The van der Waals surface area contributed by atoms with E-state index >= 15 is 0 Å². The summed E-state index contributed by atoms with van der Waals surface area (Å²) in [5.74, 6) is 0.387. The summed E-state index contributed by atoms with van der Waals surface area (Å²) in [6.45, 7) is 3.41. The Morgan fingerprint density at radius 2 is 2.17 bits per heavy atom. The van der Waals surface area contributed by atoms with E-state index in [4.69, 9.17) is 10.5 Å². The van der Waals surface area contributed by atoms with Gasteiger partial charge in [-0.05, 0) is 36.6 Å². The number of methoxy groups -OCH3 is 1. The number of rotatable bonds is 5. The van der Waals surface area contributed by atoms with Crippen molar-refractivity contribution in [3.05, 3.63) is 35.6 Å². The molecule has 1 aromatic rings. The van der Waals surface area contributed by atoms with Crippen molar-refractivity contribution in [2.45, 2.75) is 12.5 Å². The van der Waals surface area contributed by atoms with Crippen molar-refractivity contribution >= 4 is 0 Å². The fraction of sp³-hybridized carbons (Fsp3) is 0.571. The van der Waals surface area contributed by atoms with E-state index in [-0.39, 0.29) is 11.9 Å². The molecule has 1 aliphatic rings. The Morgan fingerprint density at radius 3 is 2.78 bits per heavy atom. The average Bonchev–Trinajstić information content (AvgIpc) is 2.82. The molecule has 0 aromatic heterocycles. The number of ether oxygens (including phenoxy) is 1. The Bertz CT molecular complexity index is 369. The second-order valence-corrected chi connectivity index (χ2v) is 4.91. The Balaban J connectivity index is 2.03. The van der Waals surface area contributed by atoms with Gasteiger partial charge in [-0.2, -0.15) is 0 Å². The molecule has 0 amide bonds. The first-order valence-corrected chi connectivity index (χ1v) is 6.43. The smallest absolute Gasteiger partial charge is 0.123 e. The lowest BCUT2D eigenvalue weighted by atomic mass is 10.1. The van der Waals surface area contributed by atoms with Crippen LogP contribution in [0.25, 0.3) is 0 Å². The van der Waals surface area contributed by atoms with Crippen LogP contribution in [0.4, 0.5) is 4.39 Å². The number of nitrogens with two attached hydrogens (primary N) is 1. The summed E-state index contributed by atoms with van der Waals surface area (Å²) < 4.78 is 18.1. The summed E-state index contributed by atoms with van der Waals surface area (Å²) in [6.07, 6.45) is 1.14. The predicted molar refractivity (Wildman–Crippen MR) is 69.8 cm³/mol. The van der Waals surface area contributed by atoms with E-state index in [0.29, 0.717) is 12.5 Å². The van der Waals surface area contributed by atoms with Crippen molar-refractivity contribution in [3.8, 4) is 0 Å². The van der Waals surface area contributed by atoms with Crippen molar-refractivity contribution < 1.29 is 9.13 Å². The fourth-order valence-electron chi connectivity index (χ4n) is 2.70. The van der Waals surface area contributed by atoms with Crippen LogP contribution in [0.15, 0.2) is 24.3 Å². The van der Waals surface area contributed by atoms with Crippen molar-refractivity contribution in [1.82, 2.24) is 4.90 Å². The molecule has 2 unspecified atom stereocenters. The van der Waals surface area contributed by atoms with Crippen LogP contribution in [0.5, 0.6) is 0 Å². The van der Waals surface area contributed by atoms with Crippen molar-refractivity contribution in [2.75, 3.05) is 33.4 Å². The molecule has 0 aliphatic carbocycles. The minimum absolute atomic E-state index is 0.187. The standard InChI is InChI=1S/C14H21FN2O/c1-18-10-11-6-7-17(9-11)14(8-16)12-2-4-13(15)5-3-12/h2-5,11,14H,6-10,16H2,1H3. The Hall–Kier alpha value is -0.970. The number of likely N-dealkylation sites (tertiary alicyclic amines) is 1. The number of benzene rings is 1. The molecule has 3 nitrogen and oxygen atoms in total. The molecular weight excluding hydrogens is 231 g/mol. The number of hydrogen-bond donors (Lipinski definition) is 1. The van der Waals surface area contributed by atoms with E-state index in [1.165, 1.54) is 12.1 Å². The molecule has 18 heavy (non-hydrogen) atoms. The molecule has 1 aromatic carbocycles. The van der Waals surface area contributed by atoms with Crippen LogP contribution in [0.2, 0.25) is 0 Å². The highest BCUT2D eigenvalue weighted by molar-refractivity contribution is 5.20. The third-order valence-electron chi connectivity index (χ3n) is 3.64. The Kier molecular flexibility index (Phi) is 4.69. The van der Waals surface area contributed by atoms with Gasteiger partial charge in [-0.15, -0.1) is 0 Å². The van der Waals surface area contributed by atoms with Gasteiger partial charge in [0.2, 0.25) is 0 Å². The molecule has 0 bridgehead atoms. The van der Waals surface area contributed by atoms with Gasteiger partial charge in [-0.25, -0.2) is 4.39 Å². The van der Waals surface area contributed by atoms with Crippen LogP contribution >= 0.6 is 0 Å². The van der Waals surface area contributed by atoms with Gasteiger partial charge in [0.15, 0.2) is 0 Å². The van der Waals surface area contributed by atoms with Crippen LogP contribution in [-0.4, -0.2) is 38.3 Å². The first-order valence-electron chi connectivity index (χ1n) is 6.43. The molecule has 1 aliphatic heterocycles. The quantitative estimate of drug-likeness (QED) is 0.868. The minimum Gasteiger partial charge on any atom is -0.384 e.